The van der Waals surface area contributed by atoms with Crippen LogP contribution in [0.15, 0.2) is 58.6 Å². The van der Waals surface area contributed by atoms with E-state index in [1.807, 2.05) is 14.6 Å². The van der Waals surface area contributed by atoms with Crippen molar-refractivity contribution in [2.75, 3.05) is 44.4 Å². The molecule has 21 nitrogen and oxygen atoms in total. The molecule has 0 spiro atoms. The number of rotatable bonds is 21. The molecule has 4 rings (SSSR count). The number of amides is 3. The summed E-state index contributed by atoms with van der Waals surface area (Å²) in [7, 11) is -6.07. The Balaban J connectivity index is 1.32. The number of benzene rings is 2. The molecule has 0 aliphatic heterocycles. The number of methoxy groups -OCH3 is 1. The zero-order valence-electron chi connectivity index (χ0n) is 33.2. The number of nitrogens with two attached hydrogens (primary N) is 1. The van der Waals surface area contributed by atoms with E-state index in [0.29, 0.717) is 43.9 Å². The molecule has 0 aliphatic carbocycles. The van der Waals surface area contributed by atoms with Crippen LogP contribution in [0.5, 0.6) is 5.75 Å². The van der Waals surface area contributed by atoms with E-state index in [0.717, 1.165) is 18.6 Å². The third-order valence-corrected chi connectivity index (χ3v) is 13.0. The number of sulfonamides is 1. The number of fused-ring (bicyclic) bond motifs is 1. The molecule has 2 atom stereocenters. The van der Waals surface area contributed by atoms with Gasteiger partial charge in [0.2, 0.25) is 21.8 Å². The number of hydrogen-bond acceptors (Lipinski definition) is 14. The molecule has 2 aromatic heterocycles. The predicted octanol–water partition coefficient (Wildman–Crippen LogP) is -1.25. The van der Waals surface area contributed by atoms with E-state index >= 15 is 0 Å². The molecule has 24 heteroatoms. The fraction of sp³-hybridized carbons (Fsp3) is 0.389. The number of anilines is 1. The van der Waals surface area contributed by atoms with Crippen molar-refractivity contribution in [2.45, 2.75) is 50.2 Å². The summed E-state index contributed by atoms with van der Waals surface area (Å²) in [5.74, 6) is -2.85. The fourth-order valence-electron chi connectivity index (χ4n) is 6.03. The Morgan fingerprint density at radius 2 is 1.70 bits per heavy atom. The molecule has 60 heavy (non-hydrogen) atoms. The number of pyridine rings is 1. The van der Waals surface area contributed by atoms with Crippen molar-refractivity contribution in [3.63, 3.8) is 0 Å². The van der Waals surface area contributed by atoms with Gasteiger partial charge < -0.3 is 25.8 Å². The van der Waals surface area contributed by atoms with Crippen LogP contribution in [-0.4, -0.2) is 134 Å². The average molecular weight is 1070 g/mol. The summed E-state index contributed by atoms with van der Waals surface area (Å²) < 4.78 is 74.3. The second kappa shape index (κ2) is 21.0. The van der Waals surface area contributed by atoms with Crippen LogP contribution >= 0.6 is 0 Å². The van der Waals surface area contributed by atoms with Crippen molar-refractivity contribution < 1.29 is 50.0 Å². The van der Waals surface area contributed by atoms with Gasteiger partial charge in [0.05, 0.1) is 24.4 Å². The number of ether oxygens (including phenoxy) is 2. The van der Waals surface area contributed by atoms with Gasteiger partial charge in [0, 0.05) is 26.1 Å². The second-order valence-corrected chi connectivity index (χ2v) is 18.9. The standard InChI is InChI=1S/C36H47N9O12S2.Tl/c1-21-14-24(57-13-5-6-30(46)38-9-10-39-34(49)27(37)20-58(51,52)53)15-22(2)32(21)59(54,55)44-28(35(50)56-4)18-42-33(48)26-19-45(3)29-16-23(7-8-25(29)31(26)47)17-43-36-40-11-12-41-36;/h7-8,11-12,14-16,19,27-28,44H,5-6,9-10,13,17-18,20,37H2,1-4H3,(H6,38,39,40,41,42,43,46,48,49,51,52,53);/q;+1/p-1/t27-,28-;/m0./s1. The third-order valence-electron chi connectivity index (χ3n) is 8.86. The van der Waals surface area contributed by atoms with Gasteiger partial charge in [-0.15, -0.1) is 0 Å². The number of hydrogen-bond donors (Lipinski definition) is 7. The quantitative estimate of drug-likeness (QED) is 0.0222. The van der Waals surface area contributed by atoms with E-state index in [-0.39, 0.29) is 65.4 Å². The summed E-state index contributed by atoms with van der Waals surface area (Å²) in [6.45, 7) is 3.08. The van der Waals surface area contributed by atoms with Gasteiger partial charge in [0.25, 0.3) is 10.1 Å². The molecule has 0 saturated carbocycles. The van der Waals surface area contributed by atoms with Crippen molar-refractivity contribution in [3.8, 4) is 5.75 Å². The van der Waals surface area contributed by atoms with E-state index in [9.17, 15) is 40.8 Å². The summed E-state index contributed by atoms with van der Waals surface area (Å²) in [5.41, 5.74) is 6.66. The van der Waals surface area contributed by atoms with Crippen LogP contribution in [0.2, 0.25) is 0 Å². The number of aryl methyl sites for hydroxylation is 3. The van der Waals surface area contributed by atoms with Crippen LogP contribution in [0.4, 0.5) is 5.95 Å². The monoisotopic (exact) mass is 1070 g/mol. The SMILES string of the molecule is COC(=O)[C@H](CNC(=O)c1cn(C)c2cc(CNc3ncc[n]3[Tl])ccc2c1=O)NS(=O)(=O)c1c(C)cc(OCCCC(=O)NCCNC(=O)[C@@H](N)CS(=O)(=O)O)cc1C. The van der Waals surface area contributed by atoms with Crippen LogP contribution in [0.25, 0.3) is 10.9 Å². The minimum Gasteiger partial charge on any atom is -0.494 e. The Morgan fingerprint density at radius 3 is 2.33 bits per heavy atom. The molecule has 0 aliphatic rings. The fourth-order valence-corrected chi connectivity index (χ4v) is 9.19. The Kier molecular flexibility index (Phi) is 16.7. The Morgan fingerprint density at radius 1 is 1.02 bits per heavy atom. The Labute approximate surface area is 362 Å². The normalized spacial score (nSPS) is 12.6. The first-order valence-corrected chi connectivity index (χ1v) is 23.3. The molecule has 0 bridgehead atoms. The van der Waals surface area contributed by atoms with Crippen LogP contribution in [0.3, 0.4) is 0 Å². The summed E-state index contributed by atoms with van der Waals surface area (Å²) in [5, 5.41) is 10.9. The molecule has 0 saturated heterocycles. The van der Waals surface area contributed by atoms with Gasteiger partial charge in [-0.25, -0.2) is 8.42 Å². The van der Waals surface area contributed by atoms with Crippen molar-refractivity contribution in [2.24, 2.45) is 12.8 Å². The third kappa shape index (κ3) is 13.3. The largest absolute Gasteiger partial charge is 0.494 e. The molecule has 3 amide bonds. The number of esters is 1. The summed E-state index contributed by atoms with van der Waals surface area (Å²) in [6.07, 6.45) is 5.29. The van der Waals surface area contributed by atoms with Gasteiger partial charge in [0.1, 0.15) is 17.8 Å². The smallest absolute Gasteiger partial charge is 0.266 e. The van der Waals surface area contributed by atoms with Crippen LogP contribution in [0.1, 0.15) is 39.9 Å². The van der Waals surface area contributed by atoms with E-state index in [4.69, 9.17) is 19.8 Å². The maximum absolute atomic E-state index is 13.7. The minimum atomic E-state index is -4.43. The van der Waals surface area contributed by atoms with Crippen molar-refractivity contribution in [3.05, 3.63) is 81.4 Å². The molecular formula is C36H46N9O12S2Tl. The Bertz CT molecular complexity index is 2510. The second-order valence-electron chi connectivity index (χ2n) is 13.6. The zero-order valence-corrected chi connectivity index (χ0v) is 39.3. The summed E-state index contributed by atoms with van der Waals surface area (Å²) >= 11 is 0.539. The first-order chi connectivity index (χ1) is 28.2. The van der Waals surface area contributed by atoms with Gasteiger partial charge in [-0.1, -0.05) is 0 Å². The van der Waals surface area contributed by atoms with Crippen LogP contribution < -0.4 is 41.9 Å². The van der Waals surface area contributed by atoms with E-state index in [1.165, 1.54) is 32.2 Å². The van der Waals surface area contributed by atoms with Gasteiger partial charge in [-0.2, -0.15) is 13.1 Å². The first-order valence-electron chi connectivity index (χ1n) is 18.2. The van der Waals surface area contributed by atoms with Crippen LogP contribution in [-0.2, 0) is 52.9 Å². The van der Waals surface area contributed by atoms with Gasteiger partial charge in [-0.05, 0) is 43.5 Å². The Hall–Kier alpha value is -4.96. The van der Waals surface area contributed by atoms with E-state index < -0.39 is 67.7 Å². The molecule has 0 unspecified atom stereocenters. The topological polar surface area (TPSA) is 301 Å². The van der Waals surface area contributed by atoms with E-state index in [1.54, 1.807) is 29.9 Å². The van der Waals surface area contributed by atoms with Crippen molar-refractivity contribution >= 4 is 86.7 Å². The molecule has 2 aromatic carbocycles. The number of imidazole rings is 1. The predicted molar refractivity (Wildman–Crippen MR) is 219 cm³/mol. The molecule has 0 fully saturated rings. The van der Waals surface area contributed by atoms with Crippen molar-refractivity contribution in [1.82, 2.24) is 32.6 Å². The molecule has 322 valence electrons. The molecule has 0 radical (unpaired) electrons. The molecule has 2 heterocycles. The van der Waals surface area contributed by atoms with Gasteiger partial charge in [0.15, 0.2) is 0 Å². The summed E-state index contributed by atoms with van der Waals surface area (Å²) in [6, 6.07) is 5.15. The van der Waals surface area contributed by atoms with Gasteiger partial charge in [-0.3, -0.25) is 18.9 Å². The minimum absolute atomic E-state index is 0.0280. The van der Waals surface area contributed by atoms with E-state index in [2.05, 4.69) is 31.0 Å². The zero-order chi connectivity index (χ0) is 44.4. The maximum atomic E-state index is 13.7. The number of nitrogens with one attached hydrogen (secondary N) is 5. The average Bonchev–Trinajstić information content (AvgIpc) is 3.59. The first kappa shape index (κ1) is 47.7. The molecular weight excluding hydrogens is 1020 g/mol. The number of nitrogens with zero attached hydrogens (tertiary/aromatic N) is 3. The van der Waals surface area contributed by atoms with Crippen molar-refractivity contribution in [1.29, 1.82) is 0 Å². The number of carbonyl (C=O) groups excluding carboxylic acids is 4. The number of carbonyl (C=O) groups is 4. The number of aromatic nitrogens is 3. The molecule has 8 N–H and O–H groups in total. The van der Waals surface area contributed by atoms with Gasteiger partial charge >= 0.3 is 154 Å². The molecule has 4 aromatic rings. The summed E-state index contributed by atoms with van der Waals surface area (Å²) in [4.78, 5) is 67.6. The maximum Gasteiger partial charge on any atom is 0.266 e. The van der Waals surface area contributed by atoms with Crippen LogP contribution in [0, 0.1) is 13.8 Å².